The first-order valence-electron chi connectivity index (χ1n) is 5.71. The Hall–Kier alpha value is 0.00688. The van der Waals surface area contributed by atoms with Crippen LogP contribution in [0.25, 0.3) is 0 Å². The van der Waals surface area contributed by atoms with E-state index in [9.17, 15) is 0 Å². The molecular formula is C13H20BrClOSi. The SMILES string of the molecule is CC(C)(C)[Si](C)(C)Oc1ccc(Cl)c(CBr)c1. The van der Waals surface area contributed by atoms with Gasteiger partial charge in [-0.25, -0.2) is 0 Å². The molecule has 0 aliphatic carbocycles. The summed E-state index contributed by atoms with van der Waals surface area (Å²) < 4.78 is 6.22. The van der Waals surface area contributed by atoms with E-state index in [4.69, 9.17) is 16.0 Å². The summed E-state index contributed by atoms with van der Waals surface area (Å²) in [6.07, 6.45) is 0. The minimum Gasteiger partial charge on any atom is -0.543 e. The van der Waals surface area contributed by atoms with Gasteiger partial charge >= 0.3 is 0 Å². The molecule has 0 fully saturated rings. The van der Waals surface area contributed by atoms with Crippen LogP contribution in [0.1, 0.15) is 26.3 Å². The fourth-order valence-corrected chi connectivity index (χ4v) is 3.00. The number of hydrogen-bond donors (Lipinski definition) is 0. The van der Waals surface area contributed by atoms with Crippen molar-refractivity contribution in [2.45, 2.75) is 44.2 Å². The van der Waals surface area contributed by atoms with Crippen LogP contribution >= 0.6 is 27.5 Å². The van der Waals surface area contributed by atoms with Gasteiger partial charge in [-0.1, -0.05) is 48.3 Å². The summed E-state index contributed by atoms with van der Waals surface area (Å²) in [6.45, 7) is 11.2. The minimum absolute atomic E-state index is 0.210. The summed E-state index contributed by atoms with van der Waals surface area (Å²) >= 11 is 9.52. The standard InChI is InChI=1S/C13H20BrClOSi/c1-13(2,3)17(4,5)16-11-6-7-12(15)10(8-11)9-14/h6-8H,9H2,1-5H3. The second-order valence-electron chi connectivity index (χ2n) is 5.75. The second-order valence-corrected chi connectivity index (χ2v) is 11.4. The maximum Gasteiger partial charge on any atom is 0.250 e. The van der Waals surface area contributed by atoms with E-state index in [0.717, 1.165) is 21.7 Å². The molecule has 0 atom stereocenters. The van der Waals surface area contributed by atoms with E-state index < -0.39 is 8.32 Å². The van der Waals surface area contributed by atoms with E-state index in [2.05, 4.69) is 49.8 Å². The van der Waals surface area contributed by atoms with Crippen LogP contribution in [-0.2, 0) is 5.33 Å². The van der Waals surface area contributed by atoms with Crippen molar-refractivity contribution in [1.29, 1.82) is 0 Å². The average molecular weight is 336 g/mol. The summed E-state index contributed by atoms with van der Waals surface area (Å²) in [7, 11) is -1.76. The Morgan fingerprint density at radius 3 is 2.35 bits per heavy atom. The molecule has 0 aliphatic rings. The average Bonchev–Trinajstić information content (AvgIpc) is 2.19. The van der Waals surface area contributed by atoms with Crippen molar-refractivity contribution < 1.29 is 4.43 Å². The van der Waals surface area contributed by atoms with E-state index >= 15 is 0 Å². The third-order valence-corrected chi connectivity index (χ3v) is 8.67. The lowest BCUT2D eigenvalue weighted by molar-refractivity contribution is 0.492. The maximum absolute atomic E-state index is 6.22. The molecule has 0 amide bonds. The predicted octanol–water partition coefficient (Wildman–Crippen LogP) is 5.62. The van der Waals surface area contributed by atoms with Gasteiger partial charge in [-0.3, -0.25) is 0 Å². The van der Waals surface area contributed by atoms with Crippen molar-refractivity contribution in [3.05, 3.63) is 28.8 Å². The third-order valence-electron chi connectivity index (χ3n) is 3.34. The van der Waals surface area contributed by atoms with Gasteiger partial charge in [0.2, 0.25) is 8.32 Å². The maximum atomic E-state index is 6.22. The molecule has 96 valence electrons. The number of benzene rings is 1. The van der Waals surface area contributed by atoms with Gasteiger partial charge in [-0.05, 0) is 41.9 Å². The lowest BCUT2D eigenvalue weighted by Crippen LogP contribution is -2.43. The Labute approximate surface area is 119 Å². The normalized spacial score (nSPS) is 12.6. The predicted molar refractivity (Wildman–Crippen MR) is 81.9 cm³/mol. The van der Waals surface area contributed by atoms with E-state index in [0.29, 0.717) is 0 Å². The summed E-state index contributed by atoms with van der Waals surface area (Å²) in [6, 6.07) is 5.88. The van der Waals surface area contributed by atoms with Gasteiger partial charge in [0.15, 0.2) is 0 Å². The van der Waals surface area contributed by atoms with Gasteiger partial charge in [0.1, 0.15) is 5.75 Å². The zero-order valence-electron chi connectivity index (χ0n) is 11.1. The molecule has 1 aromatic carbocycles. The van der Waals surface area contributed by atoms with Gasteiger partial charge in [-0.15, -0.1) is 0 Å². The fraction of sp³-hybridized carbons (Fsp3) is 0.538. The molecule has 1 aromatic rings. The lowest BCUT2D eigenvalue weighted by Gasteiger charge is -2.36. The van der Waals surface area contributed by atoms with Crippen LogP contribution in [-0.4, -0.2) is 8.32 Å². The van der Waals surface area contributed by atoms with Crippen molar-refractivity contribution in [2.24, 2.45) is 0 Å². The highest BCUT2D eigenvalue weighted by Crippen LogP contribution is 2.38. The Balaban J connectivity index is 2.96. The van der Waals surface area contributed by atoms with Crippen LogP contribution in [0, 0.1) is 0 Å². The number of hydrogen-bond acceptors (Lipinski definition) is 1. The van der Waals surface area contributed by atoms with Crippen LogP contribution in [0.4, 0.5) is 0 Å². The van der Waals surface area contributed by atoms with E-state index in [1.807, 2.05) is 18.2 Å². The molecule has 0 aromatic heterocycles. The number of rotatable bonds is 3. The molecule has 0 aliphatic heterocycles. The lowest BCUT2D eigenvalue weighted by atomic mass is 10.2. The highest BCUT2D eigenvalue weighted by atomic mass is 79.9. The van der Waals surface area contributed by atoms with Crippen LogP contribution in [0.3, 0.4) is 0 Å². The first kappa shape index (κ1) is 15.1. The molecule has 1 nitrogen and oxygen atoms in total. The molecule has 0 spiro atoms. The molecule has 1 rings (SSSR count). The number of alkyl halides is 1. The topological polar surface area (TPSA) is 9.23 Å². The van der Waals surface area contributed by atoms with Crippen molar-refractivity contribution in [3.63, 3.8) is 0 Å². The van der Waals surface area contributed by atoms with Crippen LogP contribution in [0.15, 0.2) is 18.2 Å². The molecule has 0 heterocycles. The fourth-order valence-electron chi connectivity index (χ4n) is 1.16. The van der Waals surface area contributed by atoms with E-state index in [-0.39, 0.29) is 5.04 Å². The van der Waals surface area contributed by atoms with Gasteiger partial charge in [0, 0.05) is 10.4 Å². The zero-order valence-corrected chi connectivity index (χ0v) is 14.4. The molecule has 0 radical (unpaired) electrons. The zero-order chi connectivity index (χ0) is 13.3. The van der Waals surface area contributed by atoms with Crippen LogP contribution in [0.2, 0.25) is 23.2 Å². The van der Waals surface area contributed by atoms with Gasteiger partial charge in [0.25, 0.3) is 0 Å². The van der Waals surface area contributed by atoms with Crippen molar-refractivity contribution in [2.75, 3.05) is 0 Å². The molecule has 0 bridgehead atoms. The summed E-state index contributed by atoms with van der Waals surface area (Å²) in [5.74, 6) is 0.926. The Bertz CT molecular complexity index is 399. The quantitative estimate of drug-likeness (QED) is 0.514. The van der Waals surface area contributed by atoms with E-state index in [1.54, 1.807) is 0 Å². The molecule has 0 unspecified atom stereocenters. The van der Waals surface area contributed by atoms with Crippen molar-refractivity contribution in [1.82, 2.24) is 0 Å². The Morgan fingerprint density at radius 1 is 1.29 bits per heavy atom. The molecule has 4 heteroatoms. The monoisotopic (exact) mass is 334 g/mol. The van der Waals surface area contributed by atoms with Gasteiger partial charge in [0.05, 0.1) is 0 Å². The highest BCUT2D eigenvalue weighted by molar-refractivity contribution is 9.08. The number of halogens is 2. The molecule has 0 N–H and O–H groups in total. The summed E-state index contributed by atoms with van der Waals surface area (Å²) in [5, 5.41) is 1.74. The van der Waals surface area contributed by atoms with Crippen LogP contribution in [0.5, 0.6) is 5.75 Å². The Morgan fingerprint density at radius 2 is 1.88 bits per heavy atom. The smallest absolute Gasteiger partial charge is 0.250 e. The molecule has 17 heavy (non-hydrogen) atoms. The van der Waals surface area contributed by atoms with Crippen molar-refractivity contribution >= 4 is 35.8 Å². The van der Waals surface area contributed by atoms with Gasteiger partial charge in [-0.2, -0.15) is 0 Å². The first-order valence-corrected chi connectivity index (χ1v) is 10.1. The summed E-state index contributed by atoms with van der Waals surface area (Å²) in [4.78, 5) is 0. The van der Waals surface area contributed by atoms with Crippen LogP contribution < -0.4 is 4.43 Å². The minimum atomic E-state index is -1.76. The second kappa shape index (κ2) is 5.33. The first-order chi connectivity index (χ1) is 7.67. The van der Waals surface area contributed by atoms with Crippen molar-refractivity contribution in [3.8, 4) is 5.75 Å². The molecule has 0 saturated carbocycles. The van der Waals surface area contributed by atoms with E-state index in [1.165, 1.54) is 0 Å². The highest BCUT2D eigenvalue weighted by Gasteiger charge is 2.38. The molecular weight excluding hydrogens is 316 g/mol. The Kier molecular flexibility index (Phi) is 4.72. The molecule has 0 saturated heterocycles. The van der Waals surface area contributed by atoms with Gasteiger partial charge < -0.3 is 4.43 Å². The summed E-state index contributed by atoms with van der Waals surface area (Å²) in [5.41, 5.74) is 1.07. The third kappa shape index (κ3) is 3.73. The largest absolute Gasteiger partial charge is 0.543 e.